The second-order valence-electron chi connectivity index (χ2n) is 5.74. The molecule has 1 N–H and O–H groups in total. The summed E-state index contributed by atoms with van der Waals surface area (Å²) in [5, 5.41) is 9.27. The number of piperidine rings is 1. The van der Waals surface area contributed by atoms with Gasteiger partial charge in [-0.3, -0.25) is 9.59 Å². The van der Waals surface area contributed by atoms with E-state index in [0.717, 1.165) is 6.42 Å². The molecule has 0 aromatic rings. The Bertz CT molecular complexity index is 439. The van der Waals surface area contributed by atoms with E-state index in [1.54, 1.807) is 4.90 Å². The van der Waals surface area contributed by atoms with E-state index in [2.05, 4.69) is 0 Å². The Hall–Kier alpha value is -1.63. The molecule has 0 spiro atoms. The zero-order valence-electron chi connectivity index (χ0n) is 12.4. The molecule has 2 amide bonds. The topological polar surface area (TPSA) is 87.2 Å². The van der Waals surface area contributed by atoms with Crippen LogP contribution in [0.5, 0.6) is 0 Å². The minimum atomic E-state index is -0.998. The van der Waals surface area contributed by atoms with Gasteiger partial charge in [-0.2, -0.15) is 0 Å². The van der Waals surface area contributed by atoms with Gasteiger partial charge in [0.2, 0.25) is 11.8 Å². The molecule has 0 aromatic carbocycles. The van der Waals surface area contributed by atoms with Gasteiger partial charge in [-0.05, 0) is 12.8 Å². The van der Waals surface area contributed by atoms with Crippen LogP contribution in [0.3, 0.4) is 0 Å². The number of carbonyl (C=O) groups excluding carboxylic acids is 2. The number of rotatable bonds is 3. The lowest BCUT2D eigenvalue weighted by atomic mass is 9.96. The third-order valence-electron chi connectivity index (χ3n) is 4.38. The van der Waals surface area contributed by atoms with Crippen LogP contribution in [0.15, 0.2) is 0 Å². The lowest BCUT2D eigenvalue weighted by molar-refractivity contribution is -0.151. The minimum absolute atomic E-state index is 0.0431. The standard InChI is InChI=1S/C14H22N2O5/c1-9(17)15-5-3-4-10(7-15)13(18)16-8-11(21-2)6-12(16)14(19)20/h10-12H,3-8H2,1-2H3,(H,19,20). The predicted octanol–water partition coefficient (Wildman–Crippen LogP) is -0.0546. The third-order valence-corrected chi connectivity index (χ3v) is 4.38. The molecule has 3 atom stereocenters. The zero-order valence-corrected chi connectivity index (χ0v) is 12.4. The second-order valence-corrected chi connectivity index (χ2v) is 5.74. The van der Waals surface area contributed by atoms with Crippen molar-refractivity contribution in [1.82, 2.24) is 9.80 Å². The van der Waals surface area contributed by atoms with Gasteiger partial charge in [-0.25, -0.2) is 4.79 Å². The number of ether oxygens (including phenoxy) is 1. The van der Waals surface area contributed by atoms with Crippen LogP contribution in [-0.2, 0) is 19.1 Å². The quantitative estimate of drug-likeness (QED) is 0.789. The summed E-state index contributed by atoms with van der Waals surface area (Å²) in [6.45, 7) is 2.85. The summed E-state index contributed by atoms with van der Waals surface area (Å²) in [5.41, 5.74) is 0. The number of methoxy groups -OCH3 is 1. The Labute approximate surface area is 123 Å². The first kappa shape index (κ1) is 15.8. The van der Waals surface area contributed by atoms with Gasteiger partial charge in [-0.1, -0.05) is 0 Å². The fourth-order valence-corrected chi connectivity index (χ4v) is 3.15. The van der Waals surface area contributed by atoms with Crippen molar-refractivity contribution in [2.75, 3.05) is 26.7 Å². The van der Waals surface area contributed by atoms with Crippen molar-refractivity contribution in [2.24, 2.45) is 5.92 Å². The van der Waals surface area contributed by atoms with Crippen LogP contribution in [0.4, 0.5) is 0 Å². The molecule has 7 heteroatoms. The fraction of sp³-hybridized carbons (Fsp3) is 0.786. The van der Waals surface area contributed by atoms with E-state index >= 15 is 0 Å². The lowest BCUT2D eigenvalue weighted by Gasteiger charge is -2.34. The Morgan fingerprint density at radius 3 is 2.52 bits per heavy atom. The summed E-state index contributed by atoms with van der Waals surface area (Å²) in [5.74, 6) is -1.52. The van der Waals surface area contributed by atoms with Crippen molar-refractivity contribution < 1.29 is 24.2 Å². The average molecular weight is 298 g/mol. The molecular formula is C14H22N2O5. The van der Waals surface area contributed by atoms with E-state index < -0.39 is 12.0 Å². The van der Waals surface area contributed by atoms with E-state index in [4.69, 9.17) is 4.74 Å². The molecule has 0 radical (unpaired) electrons. The summed E-state index contributed by atoms with van der Waals surface area (Å²) >= 11 is 0. The molecule has 2 heterocycles. The number of hydrogen-bond acceptors (Lipinski definition) is 4. The van der Waals surface area contributed by atoms with E-state index in [9.17, 15) is 19.5 Å². The maximum absolute atomic E-state index is 12.6. The smallest absolute Gasteiger partial charge is 0.326 e. The summed E-state index contributed by atoms with van der Waals surface area (Å²) < 4.78 is 5.20. The van der Waals surface area contributed by atoms with E-state index in [1.165, 1.54) is 18.9 Å². The molecule has 118 valence electrons. The lowest BCUT2D eigenvalue weighted by Crippen LogP contribution is -2.49. The Morgan fingerprint density at radius 1 is 1.24 bits per heavy atom. The van der Waals surface area contributed by atoms with Crippen molar-refractivity contribution in [3.63, 3.8) is 0 Å². The molecular weight excluding hydrogens is 276 g/mol. The molecule has 0 aliphatic carbocycles. The van der Waals surface area contributed by atoms with Crippen molar-refractivity contribution in [3.05, 3.63) is 0 Å². The highest BCUT2D eigenvalue weighted by Crippen LogP contribution is 2.26. The SMILES string of the molecule is COC1CC(C(=O)O)N(C(=O)C2CCCN(C(C)=O)C2)C1. The molecule has 2 saturated heterocycles. The third kappa shape index (κ3) is 3.34. The largest absolute Gasteiger partial charge is 0.480 e. The molecule has 2 rings (SSSR count). The van der Waals surface area contributed by atoms with Gasteiger partial charge in [0, 0.05) is 40.1 Å². The van der Waals surface area contributed by atoms with Crippen molar-refractivity contribution >= 4 is 17.8 Å². The van der Waals surface area contributed by atoms with Crippen LogP contribution in [0.25, 0.3) is 0 Å². The Morgan fingerprint density at radius 2 is 1.95 bits per heavy atom. The number of carboxylic acid groups (broad SMARTS) is 1. The summed E-state index contributed by atoms with van der Waals surface area (Å²) in [7, 11) is 1.52. The number of carboxylic acids is 1. The van der Waals surface area contributed by atoms with Gasteiger partial charge < -0.3 is 19.6 Å². The second kappa shape index (κ2) is 6.43. The van der Waals surface area contributed by atoms with Crippen LogP contribution in [0, 0.1) is 5.92 Å². The molecule has 0 saturated carbocycles. The maximum atomic E-state index is 12.6. The number of aliphatic carboxylic acids is 1. The normalized spacial score (nSPS) is 29.5. The first-order valence-electron chi connectivity index (χ1n) is 7.25. The van der Waals surface area contributed by atoms with Gasteiger partial charge >= 0.3 is 5.97 Å². The van der Waals surface area contributed by atoms with Gasteiger partial charge in [0.05, 0.1) is 12.0 Å². The molecule has 2 aliphatic rings. The Kier molecular flexibility index (Phi) is 4.82. The molecule has 0 aromatic heterocycles. The van der Waals surface area contributed by atoms with E-state index in [1.807, 2.05) is 0 Å². The number of carbonyl (C=O) groups is 3. The first-order chi connectivity index (χ1) is 9.93. The summed E-state index contributed by atoms with van der Waals surface area (Å²) in [6, 6.07) is -0.824. The van der Waals surface area contributed by atoms with Gasteiger partial charge in [0.25, 0.3) is 0 Å². The van der Waals surface area contributed by atoms with Crippen LogP contribution in [0.2, 0.25) is 0 Å². The van der Waals surface area contributed by atoms with Crippen molar-refractivity contribution in [2.45, 2.75) is 38.3 Å². The highest BCUT2D eigenvalue weighted by molar-refractivity contribution is 5.86. The molecule has 2 fully saturated rings. The van der Waals surface area contributed by atoms with Crippen molar-refractivity contribution in [3.8, 4) is 0 Å². The summed E-state index contributed by atoms with van der Waals surface area (Å²) in [6.07, 6.45) is 1.56. The highest BCUT2D eigenvalue weighted by Gasteiger charge is 2.42. The van der Waals surface area contributed by atoms with Crippen LogP contribution >= 0.6 is 0 Å². The first-order valence-corrected chi connectivity index (χ1v) is 7.25. The monoisotopic (exact) mass is 298 g/mol. The number of nitrogens with zero attached hydrogens (tertiary/aromatic N) is 2. The predicted molar refractivity (Wildman–Crippen MR) is 73.5 cm³/mol. The number of hydrogen-bond donors (Lipinski definition) is 1. The minimum Gasteiger partial charge on any atom is -0.480 e. The molecule has 2 aliphatic heterocycles. The van der Waals surface area contributed by atoms with Gasteiger partial charge in [0.15, 0.2) is 0 Å². The molecule has 21 heavy (non-hydrogen) atoms. The number of likely N-dealkylation sites (tertiary alicyclic amines) is 2. The molecule has 0 bridgehead atoms. The summed E-state index contributed by atoms with van der Waals surface area (Å²) in [4.78, 5) is 38.4. The highest BCUT2D eigenvalue weighted by atomic mass is 16.5. The van der Waals surface area contributed by atoms with Crippen LogP contribution in [-0.4, -0.2) is 71.6 Å². The number of amides is 2. The van der Waals surface area contributed by atoms with Crippen molar-refractivity contribution in [1.29, 1.82) is 0 Å². The molecule has 3 unspecified atom stereocenters. The molecule has 7 nitrogen and oxygen atoms in total. The maximum Gasteiger partial charge on any atom is 0.326 e. The van der Waals surface area contributed by atoms with Gasteiger partial charge in [0.1, 0.15) is 6.04 Å². The van der Waals surface area contributed by atoms with Crippen LogP contribution < -0.4 is 0 Å². The Balaban J connectivity index is 2.07. The van der Waals surface area contributed by atoms with E-state index in [-0.39, 0.29) is 23.8 Å². The average Bonchev–Trinajstić information content (AvgIpc) is 2.91. The van der Waals surface area contributed by atoms with Gasteiger partial charge in [-0.15, -0.1) is 0 Å². The fourth-order valence-electron chi connectivity index (χ4n) is 3.15. The van der Waals surface area contributed by atoms with E-state index in [0.29, 0.717) is 32.5 Å². The zero-order chi connectivity index (χ0) is 15.6. The van der Waals surface area contributed by atoms with Crippen LogP contribution in [0.1, 0.15) is 26.2 Å².